The van der Waals surface area contributed by atoms with Crippen LogP contribution in [0.5, 0.6) is 0 Å². The van der Waals surface area contributed by atoms with Crippen LogP contribution >= 0.6 is 0 Å². The second kappa shape index (κ2) is 9.22. The molecule has 0 radical (unpaired) electrons. The van der Waals surface area contributed by atoms with Gasteiger partial charge in [-0.25, -0.2) is 4.79 Å². The summed E-state index contributed by atoms with van der Waals surface area (Å²) >= 11 is 0. The molecule has 0 bridgehead atoms. The number of likely N-dealkylation sites (tertiary alicyclic amines) is 1. The molecule has 1 unspecified atom stereocenters. The maximum atomic E-state index is 12.8. The Bertz CT molecular complexity index is 625. The number of hydrogen-bond donors (Lipinski definition) is 3. The number of carboxylic acid groups (broad SMARTS) is 1. The van der Waals surface area contributed by atoms with Crippen LogP contribution in [0.25, 0.3) is 0 Å². The zero-order valence-corrected chi connectivity index (χ0v) is 15.3. The summed E-state index contributed by atoms with van der Waals surface area (Å²) in [6, 6.07) is 8.51. The summed E-state index contributed by atoms with van der Waals surface area (Å²) < 4.78 is 0. The Kier molecular flexibility index (Phi) is 7.00. The minimum atomic E-state index is -0.809. The van der Waals surface area contributed by atoms with Gasteiger partial charge in [0.05, 0.1) is 5.92 Å². The van der Waals surface area contributed by atoms with Gasteiger partial charge in [0.15, 0.2) is 0 Å². The number of nitrogens with one attached hydrogen (secondary N) is 2. The van der Waals surface area contributed by atoms with Crippen molar-refractivity contribution in [2.75, 3.05) is 13.1 Å². The zero-order chi connectivity index (χ0) is 19.1. The molecule has 7 nitrogen and oxygen atoms in total. The van der Waals surface area contributed by atoms with Gasteiger partial charge in [-0.05, 0) is 24.3 Å². The molecule has 3 N–H and O–H groups in total. The van der Waals surface area contributed by atoms with Gasteiger partial charge in [0.2, 0.25) is 5.91 Å². The van der Waals surface area contributed by atoms with Crippen molar-refractivity contribution in [1.82, 2.24) is 15.5 Å². The molecule has 1 aliphatic rings. The molecule has 1 saturated heterocycles. The minimum Gasteiger partial charge on any atom is -0.481 e. The van der Waals surface area contributed by atoms with Gasteiger partial charge < -0.3 is 20.6 Å². The summed E-state index contributed by atoms with van der Waals surface area (Å²) in [5, 5.41) is 14.6. The number of carbonyl (C=O) groups is 3. The Balaban J connectivity index is 1.88. The molecule has 1 aromatic rings. The Morgan fingerprint density at radius 1 is 1.15 bits per heavy atom. The van der Waals surface area contributed by atoms with Crippen molar-refractivity contribution in [2.45, 2.75) is 39.3 Å². The largest absolute Gasteiger partial charge is 0.481 e. The SMILES string of the molecule is CC(C)C(NC(=O)NCc1ccccc1)C(=O)N1CCC(C(=O)O)CC1. The molecule has 1 aliphatic heterocycles. The van der Waals surface area contributed by atoms with Crippen molar-refractivity contribution in [3.8, 4) is 0 Å². The van der Waals surface area contributed by atoms with Gasteiger partial charge >= 0.3 is 12.0 Å². The monoisotopic (exact) mass is 361 g/mol. The van der Waals surface area contributed by atoms with Crippen LogP contribution in [0.15, 0.2) is 30.3 Å². The van der Waals surface area contributed by atoms with Gasteiger partial charge in [-0.2, -0.15) is 0 Å². The fourth-order valence-electron chi connectivity index (χ4n) is 3.03. The van der Waals surface area contributed by atoms with E-state index >= 15 is 0 Å². The third-order valence-electron chi connectivity index (χ3n) is 4.67. The van der Waals surface area contributed by atoms with Crippen LogP contribution in [0.2, 0.25) is 0 Å². The average Bonchev–Trinajstić information content (AvgIpc) is 2.64. The smallest absolute Gasteiger partial charge is 0.315 e. The number of carbonyl (C=O) groups excluding carboxylic acids is 2. The summed E-state index contributed by atoms with van der Waals surface area (Å²) in [5.41, 5.74) is 0.978. The van der Waals surface area contributed by atoms with Crippen molar-refractivity contribution in [3.63, 3.8) is 0 Å². The lowest BCUT2D eigenvalue weighted by Gasteiger charge is -2.34. The topological polar surface area (TPSA) is 98.7 Å². The van der Waals surface area contributed by atoms with E-state index in [0.717, 1.165) is 5.56 Å². The highest BCUT2D eigenvalue weighted by molar-refractivity contribution is 5.87. The highest BCUT2D eigenvalue weighted by atomic mass is 16.4. The van der Waals surface area contributed by atoms with Crippen molar-refractivity contribution >= 4 is 17.9 Å². The number of piperidine rings is 1. The second-order valence-electron chi connectivity index (χ2n) is 6.97. The molecular weight excluding hydrogens is 334 g/mol. The van der Waals surface area contributed by atoms with E-state index in [1.54, 1.807) is 4.90 Å². The van der Waals surface area contributed by atoms with E-state index in [1.807, 2.05) is 44.2 Å². The van der Waals surface area contributed by atoms with Crippen molar-refractivity contribution < 1.29 is 19.5 Å². The summed E-state index contributed by atoms with van der Waals surface area (Å²) in [5.74, 6) is -1.42. The fourth-order valence-corrected chi connectivity index (χ4v) is 3.03. The van der Waals surface area contributed by atoms with Crippen molar-refractivity contribution in [1.29, 1.82) is 0 Å². The van der Waals surface area contributed by atoms with Crippen LogP contribution in [0.1, 0.15) is 32.3 Å². The molecule has 142 valence electrons. The van der Waals surface area contributed by atoms with Crippen LogP contribution in [-0.4, -0.2) is 47.0 Å². The summed E-state index contributed by atoms with van der Waals surface area (Å²) in [7, 11) is 0. The highest BCUT2D eigenvalue weighted by Gasteiger charge is 2.32. The van der Waals surface area contributed by atoms with Crippen LogP contribution in [0.3, 0.4) is 0 Å². The molecule has 1 fully saturated rings. The normalized spacial score (nSPS) is 16.2. The van der Waals surface area contributed by atoms with E-state index in [2.05, 4.69) is 10.6 Å². The van der Waals surface area contributed by atoms with Gasteiger partial charge in [0.1, 0.15) is 6.04 Å². The Labute approximate surface area is 153 Å². The molecule has 0 saturated carbocycles. The van der Waals surface area contributed by atoms with Gasteiger partial charge in [-0.1, -0.05) is 44.2 Å². The molecule has 3 amide bonds. The number of amides is 3. The number of rotatable bonds is 6. The van der Waals surface area contributed by atoms with Gasteiger partial charge in [0.25, 0.3) is 0 Å². The van der Waals surface area contributed by atoms with E-state index < -0.39 is 17.9 Å². The van der Waals surface area contributed by atoms with Crippen LogP contribution < -0.4 is 10.6 Å². The van der Waals surface area contributed by atoms with Crippen LogP contribution in [0.4, 0.5) is 4.79 Å². The van der Waals surface area contributed by atoms with E-state index in [9.17, 15) is 14.4 Å². The molecule has 0 aliphatic carbocycles. The third kappa shape index (κ3) is 5.47. The number of hydrogen-bond acceptors (Lipinski definition) is 3. The van der Waals surface area contributed by atoms with E-state index in [4.69, 9.17) is 5.11 Å². The molecule has 1 heterocycles. The number of aliphatic carboxylic acids is 1. The lowest BCUT2D eigenvalue weighted by Crippen LogP contribution is -2.55. The molecular formula is C19H27N3O4. The molecule has 2 rings (SSSR count). The lowest BCUT2D eigenvalue weighted by molar-refractivity contribution is -0.146. The molecule has 1 atom stereocenters. The van der Waals surface area contributed by atoms with E-state index in [1.165, 1.54) is 0 Å². The van der Waals surface area contributed by atoms with E-state index in [0.29, 0.717) is 32.5 Å². The van der Waals surface area contributed by atoms with Crippen molar-refractivity contribution in [3.05, 3.63) is 35.9 Å². The molecule has 0 aromatic heterocycles. The zero-order valence-electron chi connectivity index (χ0n) is 15.3. The third-order valence-corrected chi connectivity index (χ3v) is 4.67. The Morgan fingerprint density at radius 2 is 1.77 bits per heavy atom. The second-order valence-corrected chi connectivity index (χ2v) is 6.97. The predicted octanol–water partition coefficient (Wildman–Crippen LogP) is 1.83. The first-order valence-electron chi connectivity index (χ1n) is 8.98. The predicted molar refractivity (Wildman–Crippen MR) is 97.4 cm³/mol. The first-order valence-corrected chi connectivity index (χ1v) is 8.98. The molecule has 0 spiro atoms. The summed E-state index contributed by atoms with van der Waals surface area (Å²) in [6.07, 6.45) is 0.901. The number of nitrogens with zero attached hydrogens (tertiary/aromatic N) is 1. The first-order chi connectivity index (χ1) is 12.4. The Morgan fingerprint density at radius 3 is 2.31 bits per heavy atom. The van der Waals surface area contributed by atoms with Crippen LogP contribution in [-0.2, 0) is 16.1 Å². The standard InChI is InChI=1S/C19H27N3O4/c1-13(2)16(17(23)22-10-8-15(9-11-22)18(24)25)21-19(26)20-12-14-6-4-3-5-7-14/h3-7,13,15-16H,8-12H2,1-2H3,(H,24,25)(H2,20,21,26). The maximum Gasteiger partial charge on any atom is 0.315 e. The fraction of sp³-hybridized carbons (Fsp3) is 0.526. The molecule has 7 heteroatoms. The number of urea groups is 1. The summed E-state index contributed by atoms with van der Waals surface area (Å²) in [4.78, 5) is 37.6. The van der Waals surface area contributed by atoms with E-state index in [-0.39, 0.29) is 17.9 Å². The van der Waals surface area contributed by atoms with Gasteiger partial charge in [-0.15, -0.1) is 0 Å². The molecule has 26 heavy (non-hydrogen) atoms. The minimum absolute atomic E-state index is 0.0674. The number of benzene rings is 1. The van der Waals surface area contributed by atoms with Crippen molar-refractivity contribution in [2.24, 2.45) is 11.8 Å². The van der Waals surface area contributed by atoms with Gasteiger partial charge in [0, 0.05) is 19.6 Å². The molecule has 1 aromatic carbocycles. The maximum absolute atomic E-state index is 12.8. The average molecular weight is 361 g/mol. The first kappa shape index (κ1) is 19.8. The van der Waals surface area contributed by atoms with Gasteiger partial charge in [-0.3, -0.25) is 9.59 Å². The highest BCUT2D eigenvalue weighted by Crippen LogP contribution is 2.19. The quantitative estimate of drug-likeness (QED) is 0.720. The Hall–Kier alpha value is -2.57. The number of carboxylic acids is 1. The van der Waals surface area contributed by atoms with Crippen LogP contribution in [0, 0.1) is 11.8 Å². The lowest BCUT2D eigenvalue weighted by atomic mass is 9.95. The summed E-state index contributed by atoms with van der Waals surface area (Å²) in [6.45, 7) is 4.96.